The van der Waals surface area contributed by atoms with Crippen molar-refractivity contribution in [2.24, 2.45) is 7.05 Å². The van der Waals surface area contributed by atoms with Gasteiger partial charge in [0.2, 0.25) is 0 Å². The third-order valence-corrected chi connectivity index (χ3v) is 3.26. The molecule has 0 aromatic carbocycles. The maximum absolute atomic E-state index is 4.27. The average molecular weight is 249 g/mol. The van der Waals surface area contributed by atoms with E-state index in [0.29, 0.717) is 6.04 Å². The summed E-state index contributed by atoms with van der Waals surface area (Å²) < 4.78 is 1.98. The Morgan fingerprint density at radius 1 is 1.44 bits per heavy atom. The minimum absolute atomic E-state index is 0.446. The molecule has 0 aliphatic heterocycles. The van der Waals surface area contributed by atoms with Crippen LogP contribution in [0.4, 0.5) is 0 Å². The molecule has 3 nitrogen and oxygen atoms in total. The van der Waals surface area contributed by atoms with Gasteiger partial charge in [0.25, 0.3) is 0 Å². The van der Waals surface area contributed by atoms with Gasteiger partial charge in [-0.1, -0.05) is 25.8 Å². The van der Waals surface area contributed by atoms with Gasteiger partial charge in [-0.25, -0.2) is 0 Å². The molecule has 0 aliphatic rings. The monoisotopic (exact) mass is 249 g/mol. The molecule has 3 heteroatoms. The van der Waals surface area contributed by atoms with Crippen LogP contribution in [0.2, 0.25) is 0 Å². The number of rotatable bonds is 10. The van der Waals surface area contributed by atoms with Gasteiger partial charge in [-0.3, -0.25) is 4.68 Å². The topological polar surface area (TPSA) is 29.9 Å². The molecule has 0 fully saturated rings. The van der Waals surface area contributed by atoms with Gasteiger partial charge in [-0.05, 0) is 38.3 Å². The number of aromatic nitrogens is 2. The third kappa shape index (κ3) is 5.05. The summed E-state index contributed by atoms with van der Waals surface area (Å²) in [7, 11) is 2.02. The van der Waals surface area contributed by atoms with Crippen molar-refractivity contribution in [1.82, 2.24) is 15.1 Å². The minimum Gasteiger partial charge on any atom is -0.309 e. The van der Waals surface area contributed by atoms with Crippen LogP contribution in [0, 0.1) is 0 Å². The molecule has 1 aromatic heterocycles. The summed E-state index contributed by atoms with van der Waals surface area (Å²) in [6.45, 7) is 7.04. The van der Waals surface area contributed by atoms with Crippen molar-refractivity contribution < 1.29 is 0 Å². The maximum Gasteiger partial charge on any atom is 0.0550 e. The first kappa shape index (κ1) is 15.0. The summed E-state index contributed by atoms with van der Waals surface area (Å²) in [5.74, 6) is 0. The highest BCUT2D eigenvalue weighted by Gasteiger charge is 2.13. The van der Waals surface area contributed by atoms with Crippen molar-refractivity contribution in [1.29, 1.82) is 0 Å². The highest BCUT2D eigenvalue weighted by Crippen LogP contribution is 2.19. The first-order valence-electron chi connectivity index (χ1n) is 7.11. The first-order chi connectivity index (χ1) is 8.79. The van der Waals surface area contributed by atoms with Gasteiger partial charge in [-0.15, -0.1) is 6.58 Å². The van der Waals surface area contributed by atoms with E-state index in [1.54, 1.807) is 0 Å². The standard InChI is InChI=1S/C15H27N3/c1-4-6-7-8-9-10-14(16-12-5-2)15-11-13-17-18(15)3/h4,11,13-14,16H,1,5-10,12H2,2-3H3. The second-order valence-corrected chi connectivity index (χ2v) is 4.81. The van der Waals surface area contributed by atoms with Gasteiger partial charge in [-0.2, -0.15) is 5.10 Å². The second-order valence-electron chi connectivity index (χ2n) is 4.81. The Kier molecular flexibility index (Phi) is 7.42. The van der Waals surface area contributed by atoms with E-state index in [4.69, 9.17) is 0 Å². The summed E-state index contributed by atoms with van der Waals surface area (Å²) in [6, 6.07) is 2.57. The highest BCUT2D eigenvalue weighted by molar-refractivity contribution is 5.06. The normalized spacial score (nSPS) is 12.6. The zero-order chi connectivity index (χ0) is 13.2. The van der Waals surface area contributed by atoms with Crippen molar-refractivity contribution in [2.45, 2.75) is 51.5 Å². The van der Waals surface area contributed by atoms with E-state index in [-0.39, 0.29) is 0 Å². The first-order valence-corrected chi connectivity index (χ1v) is 7.11. The predicted molar refractivity (Wildman–Crippen MR) is 77.5 cm³/mol. The number of hydrogen-bond donors (Lipinski definition) is 1. The predicted octanol–water partition coefficient (Wildman–Crippen LogP) is 3.60. The molecule has 1 unspecified atom stereocenters. The summed E-state index contributed by atoms with van der Waals surface area (Å²) >= 11 is 0. The molecular weight excluding hydrogens is 222 g/mol. The Balaban J connectivity index is 2.41. The van der Waals surface area contributed by atoms with Crippen LogP contribution in [-0.4, -0.2) is 16.3 Å². The van der Waals surface area contributed by atoms with Gasteiger partial charge >= 0.3 is 0 Å². The van der Waals surface area contributed by atoms with Crippen LogP contribution < -0.4 is 5.32 Å². The number of aryl methyl sites for hydroxylation is 1. The minimum atomic E-state index is 0.446. The SMILES string of the molecule is C=CCCCCCC(NCCC)c1ccnn1C. The number of nitrogens with zero attached hydrogens (tertiary/aromatic N) is 2. The molecule has 1 N–H and O–H groups in total. The zero-order valence-electron chi connectivity index (χ0n) is 11.9. The van der Waals surface area contributed by atoms with Crippen LogP contribution in [0.3, 0.4) is 0 Å². The lowest BCUT2D eigenvalue weighted by atomic mass is 10.0. The Morgan fingerprint density at radius 2 is 2.28 bits per heavy atom. The number of allylic oxidation sites excluding steroid dienone is 1. The molecule has 0 saturated carbocycles. The summed E-state index contributed by atoms with van der Waals surface area (Å²) in [6.07, 6.45) is 11.2. The lowest BCUT2D eigenvalue weighted by molar-refractivity contribution is 0.447. The van der Waals surface area contributed by atoms with E-state index in [2.05, 4.69) is 30.0 Å². The molecule has 18 heavy (non-hydrogen) atoms. The van der Waals surface area contributed by atoms with Crippen molar-refractivity contribution in [2.75, 3.05) is 6.54 Å². The van der Waals surface area contributed by atoms with E-state index in [0.717, 1.165) is 13.0 Å². The quantitative estimate of drug-likeness (QED) is 0.507. The fraction of sp³-hybridized carbons (Fsp3) is 0.667. The Morgan fingerprint density at radius 3 is 2.89 bits per heavy atom. The van der Waals surface area contributed by atoms with E-state index in [1.165, 1.54) is 37.8 Å². The van der Waals surface area contributed by atoms with Gasteiger partial charge in [0.15, 0.2) is 0 Å². The number of unbranched alkanes of at least 4 members (excludes halogenated alkanes) is 3. The molecule has 0 bridgehead atoms. The lowest BCUT2D eigenvalue weighted by Gasteiger charge is -2.18. The summed E-state index contributed by atoms with van der Waals surface area (Å²) in [5, 5.41) is 7.89. The van der Waals surface area contributed by atoms with Crippen LogP contribution in [0.5, 0.6) is 0 Å². The molecule has 0 spiro atoms. The van der Waals surface area contributed by atoms with Gasteiger partial charge < -0.3 is 5.32 Å². The van der Waals surface area contributed by atoms with E-state index >= 15 is 0 Å². The second kappa shape index (κ2) is 8.92. The average Bonchev–Trinajstić information content (AvgIpc) is 2.79. The van der Waals surface area contributed by atoms with Crippen LogP contribution in [-0.2, 0) is 7.05 Å². The Hall–Kier alpha value is -1.09. The zero-order valence-corrected chi connectivity index (χ0v) is 11.9. The molecule has 1 rings (SSSR count). The highest BCUT2D eigenvalue weighted by atomic mass is 15.3. The van der Waals surface area contributed by atoms with E-state index in [9.17, 15) is 0 Å². The molecule has 102 valence electrons. The molecule has 1 aromatic rings. The maximum atomic E-state index is 4.27. The number of hydrogen-bond acceptors (Lipinski definition) is 2. The van der Waals surface area contributed by atoms with Crippen molar-refractivity contribution in [3.63, 3.8) is 0 Å². The van der Waals surface area contributed by atoms with Crippen LogP contribution >= 0.6 is 0 Å². The fourth-order valence-electron chi connectivity index (χ4n) is 2.21. The summed E-state index contributed by atoms with van der Waals surface area (Å²) in [4.78, 5) is 0. The molecule has 0 amide bonds. The van der Waals surface area contributed by atoms with Crippen molar-refractivity contribution >= 4 is 0 Å². The largest absolute Gasteiger partial charge is 0.309 e. The molecule has 0 aliphatic carbocycles. The molecule has 0 radical (unpaired) electrons. The van der Waals surface area contributed by atoms with Crippen molar-refractivity contribution in [3.05, 3.63) is 30.6 Å². The molecule has 1 atom stereocenters. The van der Waals surface area contributed by atoms with E-state index < -0.39 is 0 Å². The Labute approximate surface area is 111 Å². The lowest BCUT2D eigenvalue weighted by Crippen LogP contribution is -2.24. The third-order valence-electron chi connectivity index (χ3n) is 3.26. The van der Waals surface area contributed by atoms with Gasteiger partial charge in [0.1, 0.15) is 0 Å². The van der Waals surface area contributed by atoms with Gasteiger partial charge in [0, 0.05) is 19.3 Å². The van der Waals surface area contributed by atoms with Gasteiger partial charge in [0.05, 0.1) is 5.69 Å². The van der Waals surface area contributed by atoms with Crippen LogP contribution in [0.25, 0.3) is 0 Å². The molecular formula is C15H27N3. The van der Waals surface area contributed by atoms with Crippen molar-refractivity contribution in [3.8, 4) is 0 Å². The fourth-order valence-corrected chi connectivity index (χ4v) is 2.21. The van der Waals surface area contributed by atoms with E-state index in [1.807, 2.05) is 24.0 Å². The molecule has 0 saturated heterocycles. The molecule has 1 heterocycles. The number of nitrogens with one attached hydrogen (secondary N) is 1. The summed E-state index contributed by atoms with van der Waals surface area (Å²) in [5.41, 5.74) is 1.30. The van der Waals surface area contributed by atoms with Crippen LogP contribution in [0.1, 0.15) is 57.2 Å². The Bertz CT molecular complexity index is 330. The van der Waals surface area contributed by atoms with Crippen LogP contribution in [0.15, 0.2) is 24.9 Å². The smallest absolute Gasteiger partial charge is 0.0550 e.